The second-order valence-corrected chi connectivity index (χ2v) is 8.45. The van der Waals surface area contributed by atoms with Gasteiger partial charge in [0.05, 0.1) is 6.04 Å². The minimum atomic E-state index is -0.836. The third-order valence-corrected chi connectivity index (χ3v) is 6.69. The minimum absolute atomic E-state index is 0.171. The van der Waals surface area contributed by atoms with Gasteiger partial charge in [-0.3, -0.25) is 19.8 Å². The van der Waals surface area contributed by atoms with Crippen molar-refractivity contribution in [3.05, 3.63) is 29.3 Å². The van der Waals surface area contributed by atoms with E-state index in [2.05, 4.69) is 24.2 Å². The van der Waals surface area contributed by atoms with Crippen LogP contribution in [0.2, 0.25) is 0 Å². The highest BCUT2D eigenvalue weighted by Crippen LogP contribution is 2.37. The number of ether oxygens (including phenoxy) is 1. The number of likely N-dealkylation sites (N-methyl/N-ethyl adjacent to an activating group) is 1. The van der Waals surface area contributed by atoms with Crippen molar-refractivity contribution < 1.29 is 19.4 Å². The van der Waals surface area contributed by atoms with E-state index >= 15 is 0 Å². The van der Waals surface area contributed by atoms with Gasteiger partial charge in [0.1, 0.15) is 18.1 Å². The Morgan fingerprint density at radius 2 is 2.03 bits per heavy atom. The summed E-state index contributed by atoms with van der Waals surface area (Å²) in [5.74, 6) is 0.256. The molecule has 158 valence electrons. The molecule has 1 saturated heterocycles. The number of aliphatic hydroxyl groups excluding tert-OH is 1. The third kappa shape index (κ3) is 4.04. The van der Waals surface area contributed by atoms with Crippen molar-refractivity contribution in [2.75, 3.05) is 13.6 Å². The van der Waals surface area contributed by atoms with E-state index < -0.39 is 12.3 Å². The first-order chi connectivity index (χ1) is 14.0. The molecule has 2 amide bonds. The zero-order valence-corrected chi connectivity index (χ0v) is 17.3. The molecule has 2 unspecified atom stereocenters. The summed E-state index contributed by atoms with van der Waals surface area (Å²) in [4.78, 5) is 27.8. The normalized spacial score (nSPS) is 30.3. The Hall–Kier alpha value is -1.96. The lowest BCUT2D eigenvalue weighted by atomic mass is 9.91. The van der Waals surface area contributed by atoms with E-state index in [1.165, 1.54) is 12.8 Å². The first-order valence-corrected chi connectivity index (χ1v) is 10.7. The summed E-state index contributed by atoms with van der Waals surface area (Å²) in [7, 11) is 2.16. The van der Waals surface area contributed by atoms with E-state index in [-0.39, 0.29) is 17.9 Å². The van der Waals surface area contributed by atoms with Crippen molar-refractivity contribution in [2.24, 2.45) is 0 Å². The highest BCUT2D eigenvalue weighted by molar-refractivity contribution is 6.00. The van der Waals surface area contributed by atoms with Crippen LogP contribution in [0, 0.1) is 0 Å². The van der Waals surface area contributed by atoms with Crippen LogP contribution in [0.1, 0.15) is 62.8 Å². The van der Waals surface area contributed by atoms with Crippen LogP contribution in [0.15, 0.2) is 18.2 Å². The number of carbonyl (C=O) groups is 2. The maximum Gasteiger partial charge on any atom is 0.244 e. The number of nitrogens with zero attached hydrogens (tertiary/aromatic N) is 2. The molecular formula is C22H31N3O4. The first-order valence-electron chi connectivity index (χ1n) is 10.7. The van der Waals surface area contributed by atoms with Crippen molar-refractivity contribution in [3.8, 4) is 5.75 Å². The summed E-state index contributed by atoms with van der Waals surface area (Å²) in [6.07, 6.45) is 4.71. The Kier molecular flexibility index (Phi) is 5.90. The fourth-order valence-corrected chi connectivity index (χ4v) is 4.91. The van der Waals surface area contributed by atoms with Crippen molar-refractivity contribution in [1.82, 2.24) is 15.1 Å². The lowest BCUT2D eigenvalue weighted by Gasteiger charge is -2.37. The summed E-state index contributed by atoms with van der Waals surface area (Å²) < 4.78 is 6.40. The number of aliphatic hydroxyl groups is 1. The number of imide groups is 1. The molecule has 3 aliphatic rings. The second-order valence-electron chi connectivity index (χ2n) is 8.45. The molecule has 4 rings (SSSR count). The molecule has 2 fully saturated rings. The third-order valence-electron chi connectivity index (χ3n) is 6.69. The minimum Gasteiger partial charge on any atom is -0.489 e. The largest absolute Gasteiger partial charge is 0.489 e. The quantitative estimate of drug-likeness (QED) is 0.734. The number of benzene rings is 1. The topological polar surface area (TPSA) is 82.1 Å². The first kappa shape index (κ1) is 20.3. The van der Waals surface area contributed by atoms with Crippen molar-refractivity contribution >= 4 is 11.8 Å². The summed E-state index contributed by atoms with van der Waals surface area (Å²) in [5, 5.41) is 13.1. The molecule has 29 heavy (non-hydrogen) atoms. The summed E-state index contributed by atoms with van der Waals surface area (Å²) >= 11 is 0. The Balaban J connectivity index is 1.48. The van der Waals surface area contributed by atoms with Gasteiger partial charge in [-0.15, -0.1) is 0 Å². The van der Waals surface area contributed by atoms with Crippen LogP contribution in [-0.2, 0) is 16.1 Å². The smallest absolute Gasteiger partial charge is 0.244 e. The van der Waals surface area contributed by atoms with E-state index in [0.717, 1.165) is 36.3 Å². The van der Waals surface area contributed by atoms with Crippen LogP contribution in [-0.4, -0.2) is 58.5 Å². The molecule has 1 aromatic rings. The van der Waals surface area contributed by atoms with Gasteiger partial charge in [0.2, 0.25) is 11.8 Å². The maximum absolute atomic E-state index is 12.2. The fourth-order valence-electron chi connectivity index (χ4n) is 4.91. The number of amides is 2. The standard InChI is InChI=1S/C22H31N3O4/c1-3-24(2)17-6-4-5-7-19(17)29-15-8-9-16-14(12-15)13-25(22(16)28)18-10-11-20(26)23-21(18)27/h8-9,12,17-19,22,28H,3-7,10-11,13H2,1-2H3,(H,23,26,27)/t17-,18?,19+,22?/m0/s1. The maximum atomic E-state index is 12.2. The van der Waals surface area contributed by atoms with Gasteiger partial charge < -0.3 is 14.7 Å². The number of hydrogen-bond acceptors (Lipinski definition) is 6. The van der Waals surface area contributed by atoms with Gasteiger partial charge in [-0.05, 0) is 57.0 Å². The molecule has 1 aromatic carbocycles. The predicted molar refractivity (Wildman–Crippen MR) is 108 cm³/mol. The van der Waals surface area contributed by atoms with E-state index in [0.29, 0.717) is 25.4 Å². The molecule has 7 heteroatoms. The fraction of sp³-hybridized carbons (Fsp3) is 0.636. The van der Waals surface area contributed by atoms with Crippen LogP contribution in [0.4, 0.5) is 0 Å². The van der Waals surface area contributed by atoms with Crippen LogP contribution in [0.5, 0.6) is 5.75 Å². The summed E-state index contributed by atoms with van der Waals surface area (Å²) in [6, 6.07) is 5.77. The lowest BCUT2D eigenvalue weighted by molar-refractivity contribution is -0.141. The van der Waals surface area contributed by atoms with Gasteiger partial charge in [0.15, 0.2) is 0 Å². The molecule has 0 spiro atoms. The van der Waals surface area contributed by atoms with Crippen molar-refractivity contribution in [1.29, 1.82) is 0 Å². The van der Waals surface area contributed by atoms with E-state index in [1.54, 1.807) is 4.90 Å². The molecule has 2 N–H and O–H groups in total. The van der Waals surface area contributed by atoms with Crippen LogP contribution in [0.25, 0.3) is 0 Å². The SMILES string of the molecule is CCN(C)[C@H]1CCCC[C@H]1Oc1ccc2c(c1)CN(C1CCC(=O)NC1=O)C2O. The molecular weight excluding hydrogens is 370 g/mol. The van der Waals surface area contributed by atoms with E-state index in [1.807, 2.05) is 18.2 Å². The van der Waals surface area contributed by atoms with E-state index in [4.69, 9.17) is 4.74 Å². The molecule has 0 radical (unpaired) electrons. The van der Waals surface area contributed by atoms with Gasteiger partial charge in [-0.2, -0.15) is 0 Å². The number of hydrogen-bond donors (Lipinski definition) is 2. The molecule has 4 atom stereocenters. The van der Waals surface area contributed by atoms with Gasteiger partial charge in [0, 0.05) is 24.6 Å². The Morgan fingerprint density at radius 3 is 2.79 bits per heavy atom. The van der Waals surface area contributed by atoms with Crippen LogP contribution >= 0.6 is 0 Å². The monoisotopic (exact) mass is 401 g/mol. The summed E-state index contributed by atoms with van der Waals surface area (Å²) in [6.45, 7) is 3.65. The Bertz CT molecular complexity index is 783. The van der Waals surface area contributed by atoms with Crippen molar-refractivity contribution in [3.63, 3.8) is 0 Å². The van der Waals surface area contributed by atoms with E-state index in [9.17, 15) is 14.7 Å². The molecule has 2 aliphatic heterocycles. The zero-order valence-electron chi connectivity index (χ0n) is 17.3. The van der Waals surface area contributed by atoms with Crippen molar-refractivity contribution in [2.45, 2.75) is 76.4 Å². The van der Waals surface area contributed by atoms with Gasteiger partial charge in [-0.1, -0.05) is 19.4 Å². The Labute approximate surface area is 172 Å². The average molecular weight is 402 g/mol. The number of rotatable bonds is 5. The zero-order chi connectivity index (χ0) is 20.5. The molecule has 0 aromatic heterocycles. The average Bonchev–Trinajstić information content (AvgIpc) is 3.03. The highest BCUT2D eigenvalue weighted by Gasteiger charge is 2.40. The molecule has 7 nitrogen and oxygen atoms in total. The van der Waals surface area contributed by atoms with Gasteiger partial charge in [-0.25, -0.2) is 0 Å². The van der Waals surface area contributed by atoms with Gasteiger partial charge >= 0.3 is 0 Å². The number of nitrogens with one attached hydrogen (secondary N) is 1. The number of piperidine rings is 1. The number of fused-ring (bicyclic) bond motifs is 1. The highest BCUT2D eigenvalue weighted by atomic mass is 16.5. The molecule has 2 heterocycles. The summed E-state index contributed by atoms with van der Waals surface area (Å²) in [5.41, 5.74) is 1.80. The number of carbonyl (C=O) groups excluding carboxylic acids is 2. The molecule has 0 bridgehead atoms. The van der Waals surface area contributed by atoms with Crippen LogP contribution in [0.3, 0.4) is 0 Å². The van der Waals surface area contributed by atoms with Crippen LogP contribution < -0.4 is 10.1 Å². The predicted octanol–water partition coefficient (Wildman–Crippen LogP) is 1.94. The molecule has 1 saturated carbocycles. The Morgan fingerprint density at radius 1 is 1.24 bits per heavy atom. The van der Waals surface area contributed by atoms with Gasteiger partial charge in [0.25, 0.3) is 0 Å². The molecule has 1 aliphatic carbocycles. The lowest BCUT2D eigenvalue weighted by Crippen LogP contribution is -2.51. The second kappa shape index (κ2) is 8.42.